The van der Waals surface area contributed by atoms with E-state index in [0.717, 1.165) is 22.7 Å². The number of carbonyl (C=O) groups excluding carboxylic acids is 2. The molecule has 0 bridgehead atoms. The van der Waals surface area contributed by atoms with Crippen LogP contribution in [0, 0.1) is 5.82 Å². The largest absolute Gasteiger partial charge is 0.355 e. The normalized spacial score (nSPS) is 12.2. The van der Waals surface area contributed by atoms with Gasteiger partial charge >= 0.3 is 0 Å². The Morgan fingerprint density at radius 2 is 1.73 bits per heavy atom. The van der Waals surface area contributed by atoms with Crippen LogP contribution in [0.2, 0.25) is 10.0 Å². The number of likely N-dealkylation sites (N-methyl/N-ethyl adjacent to an activating group) is 1. The van der Waals surface area contributed by atoms with Crippen molar-refractivity contribution in [1.82, 2.24) is 10.2 Å². The summed E-state index contributed by atoms with van der Waals surface area (Å²) in [6.07, 6.45) is 1.24. The second-order valence-corrected chi connectivity index (χ2v) is 10.1. The van der Waals surface area contributed by atoms with Crippen molar-refractivity contribution in [2.75, 3.05) is 23.7 Å². The molecule has 2 aromatic rings. The molecule has 0 saturated heterocycles. The van der Waals surface area contributed by atoms with Gasteiger partial charge in [-0.1, -0.05) is 36.2 Å². The number of hydrogen-bond acceptors (Lipinski definition) is 4. The Labute approximate surface area is 203 Å². The lowest BCUT2D eigenvalue weighted by atomic mass is 10.1. The molecular formula is C22H26Cl2FN3O4S. The highest BCUT2D eigenvalue weighted by atomic mass is 35.5. The van der Waals surface area contributed by atoms with E-state index in [1.807, 2.05) is 0 Å². The first-order valence-electron chi connectivity index (χ1n) is 10.2. The quantitative estimate of drug-likeness (QED) is 0.518. The number of anilines is 1. The molecule has 0 unspecified atom stereocenters. The molecule has 1 N–H and O–H groups in total. The summed E-state index contributed by atoms with van der Waals surface area (Å²) in [7, 11) is -3.89. The fourth-order valence-corrected chi connectivity index (χ4v) is 4.58. The molecule has 0 radical (unpaired) electrons. The van der Waals surface area contributed by atoms with Gasteiger partial charge in [0.25, 0.3) is 0 Å². The van der Waals surface area contributed by atoms with Crippen LogP contribution in [0.15, 0.2) is 42.5 Å². The van der Waals surface area contributed by atoms with Gasteiger partial charge in [-0.25, -0.2) is 12.8 Å². The van der Waals surface area contributed by atoms with Crippen LogP contribution < -0.4 is 9.62 Å². The number of hydrogen-bond donors (Lipinski definition) is 1. The summed E-state index contributed by atoms with van der Waals surface area (Å²) in [5, 5.41) is 3.43. The van der Waals surface area contributed by atoms with Crippen molar-refractivity contribution in [2.45, 2.75) is 32.9 Å². The van der Waals surface area contributed by atoms with E-state index in [0.29, 0.717) is 22.2 Å². The van der Waals surface area contributed by atoms with Gasteiger partial charge in [0, 0.05) is 23.1 Å². The van der Waals surface area contributed by atoms with Crippen LogP contribution in [-0.4, -0.2) is 50.5 Å². The van der Waals surface area contributed by atoms with E-state index in [9.17, 15) is 22.4 Å². The van der Waals surface area contributed by atoms with Gasteiger partial charge in [0.2, 0.25) is 21.8 Å². The van der Waals surface area contributed by atoms with Crippen molar-refractivity contribution >= 4 is 50.7 Å². The fraction of sp³-hybridized carbons (Fsp3) is 0.364. The molecule has 1 atom stereocenters. The van der Waals surface area contributed by atoms with Crippen molar-refractivity contribution in [1.29, 1.82) is 0 Å². The summed E-state index contributed by atoms with van der Waals surface area (Å²) in [6, 6.07) is 8.66. The fourth-order valence-electron chi connectivity index (χ4n) is 3.27. The third kappa shape index (κ3) is 7.31. The van der Waals surface area contributed by atoms with E-state index < -0.39 is 34.3 Å². The number of carbonyl (C=O) groups is 2. The van der Waals surface area contributed by atoms with Crippen LogP contribution in [0.5, 0.6) is 0 Å². The minimum absolute atomic E-state index is 0.0362. The minimum atomic E-state index is -3.89. The molecule has 0 aromatic heterocycles. The van der Waals surface area contributed by atoms with E-state index in [1.165, 1.54) is 23.1 Å². The zero-order chi connectivity index (χ0) is 24.8. The van der Waals surface area contributed by atoms with E-state index in [4.69, 9.17) is 23.2 Å². The van der Waals surface area contributed by atoms with Crippen molar-refractivity contribution in [3.05, 3.63) is 63.9 Å². The maximum Gasteiger partial charge on any atom is 0.244 e. The molecule has 0 heterocycles. The smallest absolute Gasteiger partial charge is 0.244 e. The predicted octanol–water partition coefficient (Wildman–Crippen LogP) is 3.84. The predicted molar refractivity (Wildman–Crippen MR) is 128 cm³/mol. The molecule has 0 aliphatic carbocycles. The molecule has 0 aliphatic rings. The molecular weight excluding hydrogens is 492 g/mol. The van der Waals surface area contributed by atoms with Crippen molar-refractivity contribution < 1.29 is 22.4 Å². The third-order valence-electron chi connectivity index (χ3n) is 4.89. The van der Waals surface area contributed by atoms with E-state index in [1.54, 1.807) is 26.0 Å². The molecule has 2 amide bonds. The average molecular weight is 518 g/mol. The first kappa shape index (κ1) is 26.9. The number of nitrogens with one attached hydrogen (secondary N) is 1. The summed E-state index contributed by atoms with van der Waals surface area (Å²) in [6.45, 7) is 3.26. The highest BCUT2D eigenvalue weighted by Crippen LogP contribution is 2.25. The Morgan fingerprint density at radius 3 is 2.24 bits per heavy atom. The lowest BCUT2D eigenvalue weighted by Crippen LogP contribution is -2.52. The Hall–Kier alpha value is -2.36. The van der Waals surface area contributed by atoms with Crippen LogP contribution in [-0.2, 0) is 26.2 Å². The van der Waals surface area contributed by atoms with Gasteiger partial charge in [-0.2, -0.15) is 0 Å². The molecule has 2 rings (SSSR count). The third-order valence-corrected chi connectivity index (χ3v) is 6.61. The maximum absolute atomic E-state index is 13.4. The van der Waals surface area contributed by atoms with E-state index in [2.05, 4.69) is 5.32 Å². The summed E-state index contributed by atoms with van der Waals surface area (Å²) >= 11 is 12.3. The lowest BCUT2D eigenvalue weighted by Gasteiger charge is -2.33. The Morgan fingerprint density at radius 1 is 1.09 bits per heavy atom. The Bertz CT molecular complexity index is 1100. The first-order valence-corrected chi connectivity index (χ1v) is 12.8. The standard InChI is InChI=1S/C22H26Cl2FN3O4S/c1-4-20(22(30)26-5-2)27(13-15-6-7-16(23)12-19(15)24)21(29)14-28(33(3,31)32)18-10-8-17(25)9-11-18/h6-12,20H,4-5,13-14H2,1-3H3,(H,26,30)/t20-/m0/s1. The monoisotopic (exact) mass is 517 g/mol. The van der Waals surface area contributed by atoms with Gasteiger partial charge in [0.05, 0.1) is 11.9 Å². The molecule has 11 heteroatoms. The lowest BCUT2D eigenvalue weighted by molar-refractivity contribution is -0.140. The van der Waals surface area contributed by atoms with Crippen molar-refractivity contribution in [2.24, 2.45) is 0 Å². The second-order valence-electron chi connectivity index (χ2n) is 7.32. The average Bonchev–Trinajstić information content (AvgIpc) is 2.73. The van der Waals surface area contributed by atoms with Gasteiger partial charge in [-0.05, 0) is 55.3 Å². The van der Waals surface area contributed by atoms with Crippen LogP contribution in [0.3, 0.4) is 0 Å². The van der Waals surface area contributed by atoms with Gasteiger partial charge in [-0.15, -0.1) is 0 Å². The number of nitrogens with zero attached hydrogens (tertiary/aromatic N) is 2. The Kier molecular flexibility index (Phi) is 9.51. The van der Waals surface area contributed by atoms with E-state index in [-0.39, 0.29) is 24.6 Å². The molecule has 0 spiro atoms. The van der Waals surface area contributed by atoms with Gasteiger partial charge < -0.3 is 10.2 Å². The molecule has 0 aliphatic heterocycles. The van der Waals surface area contributed by atoms with Crippen molar-refractivity contribution in [3.63, 3.8) is 0 Å². The molecule has 2 aromatic carbocycles. The summed E-state index contributed by atoms with van der Waals surface area (Å²) < 4.78 is 39.1. The van der Waals surface area contributed by atoms with Gasteiger partial charge in [0.1, 0.15) is 18.4 Å². The molecule has 180 valence electrons. The summed E-state index contributed by atoms with van der Waals surface area (Å²) in [5.74, 6) is -1.53. The number of sulfonamides is 1. The number of amides is 2. The highest BCUT2D eigenvalue weighted by Gasteiger charge is 2.31. The summed E-state index contributed by atoms with van der Waals surface area (Å²) in [5.41, 5.74) is 0.674. The zero-order valence-corrected chi connectivity index (χ0v) is 20.8. The maximum atomic E-state index is 13.4. The Balaban J connectivity index is 2.45. The van der Waals surface area contributed by atoms with Gasteiger partial charge in [0.15, 0.2) is 0 Å². The molecule has 0 saturated carbocycles. The first-order chi connectivity index (χ1) is 15.5. The molecule has 0 fully saturated rings. The van der Waals surface area contributed by atoms with Crippen LogP contribution in [0.4, 0.5) is 10.1 Å². The zero-order valence-electron chi connectivity index (χ0n) is 18.5. The SMILES string of the molecule is CCNC(=O)[C@H](CC)N(Cc1ccc(Cl)cc1Cl)C(=O)CN(c1ccc(F)cc1)S(C)(=O)=O. The minimum Gasteiger partial charge on any atom is -0.355 e. The van der Waals surface area contributed by atoms with Gasteiger partial charge in [-0.3, -0.25) is 13.9 Å². The van der Waals surface area contributed by atoms with E-state index >= 15 is 0 Å². The van der Waals surface area contributed by atoms with Crippen molar-refractivity contribution in [3.8, 4) is 0 Å². The number of rotatable bonds is 10. The molecule has 7 nitrogen and oxygen atoms in total. The van der Waals surface area contributed by atoms with Crippen LogP contribution >= 0.6 is 23.2 Å². The topological polar surface area (TPSA) is 86.8 Å². The number of benzene rings is 2. The number of halogens is 3. The van der Waals surface area contributed by atoms with Crippen LogP contribution in [0.25, 0.3) is 0 Å². The van der Waals surface area contributed by atoms with Crippen LogP contribution in [0.1, 0.15) is 25.8 Å². The summed E-state index contributed by atoms with van der Waals surface area (Å²) in [4.78, 5) is 27.4. The second kappa shape index (κ2) is 11.7. The highest BCUT2D eigenvalue weighted by molar-refractivity contribution is 7.92. The molecule has 33 heavy (non-hydrogen) atoms.